The molecule has 1 amide bonds. The topological polar surface area (TPSA) is 77.8 Å². The van der Waals surface area contributed by atoms with Crippen LogP contribution in [0, 0.1) is 0 Å². The molecule has 0 aliphatic carbocycles. The number of esters is 1. The fourth-order valence-corrected chi connectivity index (χ4v) is 2.85. The van der Waals surface area contributed by atoms with Gasteiger partial charge in [-0.2, -0.15) is 0 Å². The van der Waals surface area contributed by atoms with Crippen LogP contribution < -0.4 is 10.1 Å². The Morgan fingerprint density at radius 1 is 1.12 bits per heavy atom. The van der Waals surface area contributed by atoms with Gasteiger partial charge in [0, 0.05) is 6.42 Å². The Morgan fingerprint density at radius 2 is 1.96 bits per heavy atom. The van der Waals surface area contributed by atoms with Crippen molar-refractivity contribution in [2.75, 3.05) is 6.61 Å². The van der Waals surface area contributed by atoms with Crippen molar-refractivity contribution in [1.82, 2.24) is 5.32 Å². The molecule has 1 saturated heterocycles. The van der Waals surface area contributed by atoms with E-state index in [9.17, 15) is 9.59 Å². The largest absolute Gasteiger partial charge is 0.486 e. The average Bonchev–Trinajstić information content (AvgIpc) is 3.29. The summed E-state index contributed by atoms with van der Waals surface area (Å²) in [6.07, 6.45) is 0.475. The van der Waals surface area contributed by atoms with Gasteiger partial charge >= 0.3 is 5.97 Å². The van der Waals surface area contributed by atoms with Crippen LogP contribution in [0.2, 0.25) is 0 Å². The number of amides is 1. The molecule has 0 radical (unpaired) electrons. The summed E-state index contributed by atoms with van der Waals surface area (Å²) in [5, 5.41) is 4.84. The molecule has 2 heterocycles. The molecule has 0 spiro atoms. The minimum Gasteiger partial charge on any atom is -0.486 e. The SMILES string of the molecule is O=C(N[C@@H]1CCOC1=O)c1ccc(COc2ccc3ccccc3c2)o1. The quantitative estimate of drug-likeness (QED) is 0.715. The lowest BCUT2D eigenvalue weighted by atomic mass is 10.1. The van der Waals surface area contributed by atoms with E-state index in [1.807, 2.05) is 42.5 Å². The van der Waals surface area contributed by atoms with Gasteiger partial charge in [-0.25, -0.2) is 4.79 Å². The molecule has 3 aromatic rings. The molecule has 0 saturated carbocycles. The highest BCUT2D eigenvalue weighted by molar-refractivity contribution is 5.94. The van der Waals surface area contributed by atoms with Gasteiger partial charge in [-0.3, -0.25) is 4.79 Å². The lowest BCUT2D eigenvalue weighted by Gasteiger charge is -2.07. The summed E-state index contributed by atoms with van der Waals surface area (Å²) in [5.74, 6) is 0.537. The summed E-state index contributed by atoms with van der Waals surface area (Å²) in [6.45, 7) is 0.532. The lowest BCUT2D eigenvalue weighted by Crippen LogP contribution is -2.37. The molecule has 6 nitrogen and oxygen atoms in total. The molecule has 6 heteroatoms. The molecule has 132 valence electrons. The fraction of sp³-hybridized carbons (Fsp3) is 0.200. The Morgan fingerprint density at radius 3 is 2.77 bits per heavy atom. The van der Waals surface area contributed by atoms with Crippen LogP contribution in [0.4, 0.5) is 0 Å². The van der Waals surface area contributed by atoms with Crippen molar-refractivity contribution in [1.29, 1.82) is 0 Å². The highest BCUT2D eigenvalue weighted by atomic mass is 16.5. The maximum absolute atomic E-state index is 12.1. The summed E-state index contributed by atoms with van der Waals surface area (Å²) in [5.41, 5.74) is 0. The fourth-order valence-electron chi connectivity index (χ4n) is 2.85. The number of hydrogen-bond donors (Lipinski definition) is 1. The molecular weight excluding hydrogens is 334 g/mol. The second-order valence-electron chi connectivity index (χ2n) is 6.05. The third-order valence-electron chi connectivity index (χ3n) is 4.23. The Hall–Kier alpha value is -3.28. The van der Waals surface area contributed by atoms with Gasteiger partial charge < -0.3 is 19.2 Å². The van der Waals surface area contributed by atoms with E-state index >= 15 is 0 Å². The molecule has 1 fully saturated rings. The first-order chi connectivity index (χ1) is 12.7. The second-order valence-corrected chi connectivity index (χ2v) is 6.05. The van der Waals surface area contributed by atoms with Crippen molar-refractivity contribution in [2.24, 2.45) is 0 Å². The molecule has 1 aliphatic rings. The Bertz CT molecular complexity index is 961. The number of fused-ring (bicyclic) bond motifs is 1. The van der Waals surface area contributed by atoms with Crippen LogP contribution in [-0.4, -0.2) is 24.5 Å². The van der Waals surface area contributed by atoms with Gasteiger partial charge in [0.05, 0.1) is 6.61 Å². The zero-order valence-corrected chi connectivity index (χ0v) is 13.9. The van der Waals surface area contributed by atoms with E-state index in [2.05, 4.69) is 5.32 Å². The summed E-state index contributed by atoms with van der Waals surface area (Å²) >= 11 is 0. The maximum Gasteiger partial charge on any atom is 0.328 e. The molecular formula is C20H17NO5. The van der Waals surface area contributed by atoms with Crippen LogP contribution in [0.1, 0.15) is 22.7 Å². The van der Waals surface area contributed by atoms with Crippen LogP contribution in [0.15, 0.2) is 59.0 Å². The summed E-state index contributed by atoms with van der Waals surface area (Å²) < 4.78 is 16.1. The molecule has 1 aliphatic heterocycles. The number of nitrogens with one attached hydrogen (secondary N) is 1. The van der Waals surface area contributed by atoms with Gasteiger partial charge in [0.2, 0.25) is 0 Å². The lowest BCUT2D eigenvalue weighted by molar-refractivity contribution is -0.139. The number of ether oxygens (including phenoxy) is 2. The third-order valence-corrected chi connectivity index (χ3v) is 4.23. The van der Waals surface area contributed by atoms with Crippen molar-refractivity contribution in [3.05, 3.63) is 66.1 Å². The van der Waals surface area contributed by atoms with Crippen LogP contribution in [0.3, 0.4) is 0 Å². The zero-order chi connectivity index (χ0) is 17.9. The predicted octanol–water partition coefficient (Wildman–Crippen LogP) is 3.06. The van der Waals surface area contributed by atoms with Crippen molar-refractivity contribution >= 4 is 22.6 Å². The van der Waals surface area contributed by atoms with Crippen molar-refractivity contribution in [2.45, 2.75) is 19.1 Å². The Balaban J connectivity index is 1.38. The minimum atomic E-state index is -0.607. The Labute approximate surface area is 149 Å². The molecule has 1 N–H and O–H groups in total. The first-order valence-electron chi connectivity index (χ1n) is 8.37. The van der Waals surface area contributed by atoms with E-state index in [1.165, 1.54) is 0 Å². The van der Waals surface area contributed by atoms with Crippen LogP contribution >= 0.6 is 0 Å². The number of benzene rings is 2. The predicted molar refractivity (Wildman–Crippen MR) is 93.8 cm³/mol. The van der Waals surface area contributed by atoms with Gasteiger partial charge in [-0.05, 0) is 35.0 Å². The van der Waals surface area contributed by atoms with E-state index in [4.69, 9.17) is 13.9 Å². The van der Waals surface area contributed by atoms with E-state index in [0.29, 0.717) is 18.8 Å². The first-order valence-corrected chi connectivity index (χ1v) is 8.37. The van der Waals surface area contributed by atoms with Gasteiger partial charge in [0.1, 0.15) is 24.2 Å². The normalized spacial score (nSPS) is 16.5. The van der Waals surface area contributed by atoms with Gasteiger partial charge in [0.25, 0.3) is 5.91 Å². The molecule has 26 heavy (non-hydrogen) atoms. The number of carbonyl (C=O) groups is 2. The number of furan rings is 1. The van der Waals surface area contributed by atoms with Crippen LogP contribution in [0.5, 0.6) is 5.75 Å². The standard InChI is InChI=1S/C20H17NO5/c22-19(21-17-9-10-24-20(17)23)18-8-7-16(26-18)12-25-15-6-5-13-3-1-2-4-14(13)11-15/h1-8,11,17H,9-10,12H2,(H,21,22)/t17-/m1/s1. The molecule has 1 aromatic heterocycles. The zero-order valence-electron chi connectivity index (χ0n) is 13.9. The summed E-state index contributed by atoms with van der Waals surface area (Å²) in [6, 6.07) is 16.5. The van der Waals surface area contributed by atoms with E-state index in [0.717, 1.165) is 16.5 Å². The number of carbonyl (C=O) groups excluding carboxylic acids is 2. The van der Waals surface area contributed by atoms with E-state index in [1.54, 1.807) is 12.1 Å². The minimum absolute atomic E-state index is 0.141. The molecule has 0 bridgehead atoms. The highest BCUT2D eigenvalue weighted by Crippen LogP contribution is 2.22. The van der Waals surface area contributed by atoms with Gasteiger partial charge in [-0.15, -0.1) is 0 Å². The monoisotopic (exact) mass is 351 g/mol. The third kappa shape index (κ3) is 3.39. The van der Waals surface area contributed by atoms with Crippen molar-refractivity contribution in [3.8, 4) is 5.75 Å². The molecule has 1 atom stereocenters. The van der Waals surface area contributed by atoms with Gasteiger partial charge in [0.15, 0.2) is 5.76 Å². The van der Waals surface area contributed by atoms with Gasteiger partial charge in [-0.1, -0.05) is 30.3 Å². The smallest absolute Gasteiger partial charge is 0.328 e. The van der Waals surface area contributed by atoms with Crippen LogP contribution in [-0.2, 0) is 16.1 Å². The number of rotatable bonds is 5. The number of hydrogen-bond acceptors (Lipinski definition) is 5. The first kappa shape index (κ1) is 16.2. The second kappa shape index (κ2) is 6.92. The number of cyclic esters (lactones) is 1. The summed E-state index contributed by atoms with van der Waals surface area (Å²) in [4.78, 5) is 23.5. The molecule has 4 rings (SSSR count). The Kier molecular flexibility index (Phi) is 4.31. The molecule has 0 unspecified atom stereocenters. The highest BCUT2D eigenvalue weighted by Gasteiger charge is 2.29. The molecule has 2 aromatic carbocycles. The maximum atomic E-state index is 12.1. The van der Waals surface area contributed by atoms with Crippen LogP contribution in [0.25, 0.3) is 10.8 Å². The van der Waals surface area contributed by atoms with Crippen molar-refractivity contribution < 1.29 is 23.5 Å². The van der Waals surface area contributed by atoms with Crippen molar-refractivity contribution in [3.63, 3.8) is 0 Å². The average molecular weight is 351 g/mol. The van der Waals surface area contributed by atoms with E-state index < -0.39 is 17.9 Å². The summed E-state index contributed by atoms with van der Waals surface area (Å²) in [7, 11) is 0. The van der Waals surface area contributed by atoms with E-state index in [-0.39, 0.29) is 12.4 Å².